The summed E-state index contributed by atoms with van der Waals surface area (Å²) in [6.07, 6.45) is 1.92. The SMILES string of the molecule is CCOc1ccc2c(c1)c(C(=O)N1CCN(CCc3ccc(F)cc3)CC1)c(C)n2CCCN(CC)CC. The van der Waals surface area contributed by atoms with Crippen molar-refractivity contribution in [1.82, 2.24) is 19.3 Å². The maximum atomic E-state index is 13.9. The van der Waals surface area contributed by atoms with Gasteiger partial charge >= 0.3 is 0 Å². The molecule has 0 radical (unpaired) electrons. The van der Waals surface area contributed by atoms with Crippen molar-refractivity contribution in [3.8, 4) is 5.75 Å². The average Bonchev–Trinajstić information content (AvgIpc) is 3.21. The highest BCUT2D eigenvalue weighted by Crippen LogP contribution is 2.31. The molecule has 206 valence electrons. The van der Waals surface area contributed by atoms with Gasteiger partial charge in [-0.1, -0.05) is 26.0 Å². The zero-order valence-corrected chi connectivity index (χ0v) is 23.5. The van der Waals surface area contributed by atoms with E-state index in [1.54, 1.807) is 0 Å². The minimum absolute atomic E-state index is 0.113. The second-order valence-electron chi connectivity index (χ2n) is 10.1. The van der Waals surface area contributed by atoms with Crippen molar-refractivity contribution in [3.63, 3.8) is 0 Å². The van der Waals surface area contributed by atoms with Crippen LogP contribution in [0.25, 0.3) is 10.9 Å². The van der Waals surface area contributed by atoms with E-state index in [2.05, 4.69) is 41.2 Å². The molecule has 1 aromatic heterocycles. The largest absolute Gasteiger partial charge is 0.494 e. The lowest BCUT2D eigenvalue weighted by Crippen LogP contribution is -2.49. The lowest BCUT2D eigenvalue weighted by Gasteiger charge is -2.35. The number of fused-ring (bicyclic) bond motifs is 1. The van der Waals surface area contributed by atoms with Gasteiger partial charge in [-0.15, -0.1) is 0 Å². The number of benzene rings is 2. The number of carbonyl (C=O) groups is 1. The second-order valence-corrected chi connectivity index (χ2v) is 10.1. The number of amides is 1. The zero-order chi connectivity index (χ0) is 27.1. The molecule has 6 nitrogen and oxygen atoms in total. The Balaban J connectivity index is 1.47. The van der Waals surface area contributed by atoms with Crippen LogP contribution in [0, 0.1) is 12.7 Å². The maximum Gasteiger partial charge on any atom is 0.256 e. The molecule has 1 aliphatic rings. The molecular weight excluding hydrogens is 479 g/mol. The Hall–Kier alpha value is -2.90. The fourth-order valence-electron chi connectivity index (χ4n) is 5.54. The first kappa shape index (κ1) is 28.1. The van der Waals surface area contributed by atoms with Crippen LogP contribution in [-0.2, 0) is 13.0 Å². The molecule has 1 amide bonds. The van der Waals surface area contributed by atoms with Crippen LogP contribution in [0.1, 0.15) is 48.8 Å². The van der Waals surface area contributed by atoms with Crippen LogP contribution >= 0.6 is 0 Å². The van der Waals surface area contributed by atoms with Crippen molar-refractivity contribution in [2.45, 2.75) is 47.1 Å². The Morgan fingerprint density at radius 3 is 2.34 bits per heavy atom. The maximum absolute atomic E-state index is 13.9. The van der Waals surface area contributed by atoms with Gasteiger partial charge in [0, 0.05) is 55.9 Å². The van der Waals surface area contributed by atoms with Crippen LogP contribution in [0.15, 0.2) is 42.5 Å². The van der Waals surface area contributed by atoms with E-state index in [1.165, 1.54) is 12.1 Å². The smallest absolute Gasteiger partial charge is 0.256 e. The number of hydrogen-bond donors (Lipinski definition) is 0. The van der Waals surface area contributed by atoms with Gasteiger partial charge in [0.2, 0.25) is 0 Å². The molecule has 3 aromatic rings. The molecule has 1 aliphatic heterocycles. The fourth-order valence-corrected chi connectivity index (χ4v) is 5.54. The Labute approximate surface area is 227 Å². The molecular formula is C31H43FN4O2. The first-order valence-electron chi connectivity index (χ1n) is 14.2. The van der Waals surface area contributed by atoms with Crippen molar-refractivity contribution >= 4 is 16.8 Å². The van der Waals surface area contributed by atoms with Gasteiger partial charge in [0.05, 0.1) is 12.2 Å². The molecule has 1 fully saturated rings. The number of aryl methyl sites for hydroxylation is 1. The average molecular weight is 523 g/mol. The topological polar surface area (TPSA) is 41.0 Å². The van der Waals surface area contributed by atoms with Crippen LogP contribution < -0.4 is 4.74 Å². The van der Waals surface area contributed by atoms with Crippen molar-refractivity contribution in [1.29, 1.82) is 0 Å². The van der Waals surface area contributed by atoms with Gasteiger partial charge in [-0.05, 0) is 82.2 Å². The Morgan fingerprint density at radius 2 is 1.68 bits per heavy atom. The summed E-state index contributed by atoms with van der Waals surface area (Å²) in [7, 11) is 0. The molecule has 0 unspecified atom stereocenters. The van der Waals surface area contributed by atoms with Gasteiger partial charge < -0.3 is 19.1 Å². The molecule has 38 heavy (non-hydrogen) atoms. The summed E-state index contributed by atoms with van der Waals surface area (Å²) in [5.41, 5.74) is 4.09. The highest BCUT2D eigenvalue weighted by molar-refractivity contribution is 6.08. The van der Waals surface area contributed by atoms with Crippen molar-refractivity contribution in [3.05, 3.63) is 65.1 Å². The molecule has 2 aromatic carbocycles. The minimum atomic E-state index is -0.199. The number of piperazine rings is 1. The number of rotatable bonds is 12. The van der Waals surface area contributed by atoms with Crippen LogP contribution in [0.3, 0.4) is 0 Å². The minimum Gasteiger partial charge on any atom is -0.494 e. The van der Waals surface area contributed by atoms with E-state index >= 15 is 0 Å². The third-order valence-corrected chi connectivity index (χ3v) is 7.86. The predicted octanol–water partition coefficient (Wildman–Crippen LogP) is 5.22. The van der Waals surface area contributed by atoms with E-state index in [1.807, 2.05) is 36.1 Å². The fraction of sp³-hybridized carbons (Fsp3) is 0.516. The summed E-state index contributed by atoms with van der Waals surface area (Å²) in [5.74, 6) is 0.719. The number of hydrogen-bond acceptors (Lipinski definition) is 4. The molecule has 0 N–H and O–H groups in total. The highest BCUT2D eigenvalue weighted by atomic mass is 19.1. The number of aromatic nitrogens is 1. The van der Waals surface area contributed by atoms with Crippen molar-refractivity contribution < 1.29 is 13.9 Å². The summed E-state index contributed by atoms with van der Waals surface area (Å²) in [6, 6.07) is 12.9. The molecule has 1 saturated heterocycles. The Kier molecular flexibility index (Phi) is 9.80. The standard InChI is InChI=1S/C31H43FN4O2/c1-5-33(6-2)16-8-17-36-24(4)30(28-23-27(38-7-3)13-14-29(28)36)31(37)35-21-19-34(20-22-35)18-15-25-9-11-26(32)12-10-25/h9-14,23H,5-8,15-22H2,1-4H3. The molecule has 7 heteroatoms. The third-order valence-electron chi connectivity index (χ3n) is 7.86. The van der Waals surface area contributed by atoms with Crippen molar-refractivity contribution in [2.24, 2.45) is 0 Å². The van der Waals surface area contributed by atoms with E-state index in [0.29, 0.717) is 19.7 Å². The zero-order valence-electron chi connectivity index (χ0n) is 23.5. The van der Waals surface area contributed by atoms with Crippen LogP contribution in [-0.4, -0.2) is 84.1 Å². The molecule has 0 aliphatic carbocycles. The molecule has 0 bridgehead atoms. The number of ether oxygens (including phenoxy) is 1. The first-order chi connectivity index (χ1) is 18.4. The van der Waals surface area contributed by atoms with E-state index in [9.17, 15) is 9.18 Å². The van der Waals surface area contributed by atoms with Gasteiger partial charge in [0.1, 0.15) is 11.6 Å². The van der Waals surface area contributed by atoms with E-state index in [-0.39, 0.29) is 11.7 Å². The lowest BCUT2D eigenvalue weighted by atomic mass is 10.1. The van der Waals surface area contributed by atoms with Gasteiger partial charge in [0.15, 0.2) is 0 Å². The summed E-state index contributed by atoms with van der Waals surface area (Å²) >= 11 is 0. The van der Waals surface area contributed by atoms with Gasteiger partial charge in [0.25, 0.3) is 5.91 Å². The molecule has 0 atom stereocenters. The number of halogens is 1. The normalized spacial score (nSPS) is 14.5. The van der Waals surface area contributed by atoms with E-state index in [4.69, 9.17) is 4.74 Å². The third kappa shape index (κ3) is 6.56. The number of nitrogens with zero attached hydrogens (tertiary/aromatic N) is 4. The van der Waals surface area contributed by atoms with Gasteiger partial charge in [-0.25, -0.2) is 4.39 Å². The molecule has 4 rings (SSSR count). The quantitative estimate of drug-likeness (QED) is 0.327. The molecule has 0 saturated carbocycles. The molecule has 2 heterocycles. The van der Waals surface area contributed by atoms with E-state index in [0.717, 1.165) is 92.1 Å². The van der Waals surface area contributed by atoms with Crippen LogP contribution in [0.4, 0.5) is 4.39 Å². The lowest BCUT2D eigenvalue weighted by molar-refractivity contribution is 0.0639. The predicted molar refractivity (Wildman–Crippen MR) is 153 cm³/mol. The summed E-state index contributed by atoms with van der Waals surface area (Å²) in [5, 5.41) is 0.986. The summed E-state index contributed by atoms with van der Waals surface area (Å²) in [6.45, 7) is 17.1. The monoisotopic (exact) mass is 522 g/mol. The van der Waals surface area contributed by atoms with Gasteiger partial charge in [-0.3, -0.25) is 9.69 Å². The van der Waals surface area contributed by atoms with Crippen LogP contribution in [0.5, 0.6) is 5.75 Å². The molecule has 0 spiro atoms. The van der Waals surface area contributed by atoms with Crippen LogP contribution in [0.2, 0.25) is 0 Å². The first-order valence-corrected chi connectivity index (χ1v) is 14.2. The second kappa shape index (κ2) is 13.3. The summed E-state index contributed by atoms with van der Waals surface area (Å²) in [4.78, 5) is 20.8. The van der Waals surface area contributed by atoms with Crippen molar-refractivity contribution in [2.75, 3.05) is 59.0 Å². The van der Waals surface area contributed by atoms with Gasteiger partial charge in [-0.2, -0.15) is 0 Å². The highest BCUT2D eigenvalue weighted by Gasteiger charge is 2.27. The van der Waals surface area contributed by atoms with E-state index < -0.39 is 0 Å². The Bertz CT molecular complexity index is 1190. The summed E-state index contributed by atoms with van der Waals surface area (Å²) < 4.78 is 21.3. The Morgan fingerprint density at radius 1 is 0.974 bits per heavy atom. The number of carbonyl (C=O) groups excluding carboxylic acids is 1.